The minimum absolute atomic E-state index is 0.0967. The first-order valence-electron chi connectivity index (χ1n) is 7.66. The molecule has 1 amide bonds. The Morgan fingerprint density at radius 1 is 1.48 bits per heavy atom. The summed E-state index contributed by atoms with van der Waals surface area (Å²) in [4.78, 5) is 27.5. The van der Waals surface area contributed by atoms with Crippen LogP contribution < -0.4 is 10.1 Å². The Hall–Kier alpha value is -3.16. The van der Waals surface area contributed by atoms with Crippen molar-refractivity contribution < 1.29 is 24.0 Å². The molecule has 1 heterocycles. The molecular formula is C17H19N3O5. The van der Waals surface area contributed by atoms with Gasteiger partial charge in [0.15, 0.2) is 6.61 Å². The van der Waals surface area contributed by atoms with E-state index in [1.807, 2.05) is 0 Å². The monoisotopic (exact) mass is 345 g/mol. The predicted octanol–water partition coefficient (Wildman–Crippen LogP) is 2.11. The van der Waals surface area contributed by atoms with E-state index in [4.69, 9.17) is 14.4 Å². The minimum atomic E-state index is -1.09. The van der Waals surface area contributed by atoms with Crippen molar-refractivity contribution in [2.24, 2.45) is 0 Å². The first-order chi connectivity index (χ1) is 12.0. The maximum absolute atomic E-state index is 12.3. The zero-order valence-corrected chi connectivity index (χ0v) is 13.8. The number of benzene rings is 1. The molecule has 0 fully saturated rings. The summed E-state index contributed by atoms with van der Waals surface area (Å²) in [5, 5.41) is 15.4. The lowest BCUT2D eigenvalue weighted by Gasteiger charge is -2.14. The fraction of sp³-hybridized carbons (Fsp3) is 0.294. The van der Waals surface area contributed by atoms with Gasteiger partial charge < -0.3 is 19.7 Å². The number of carbonyl (C=O) groups is 2. The van der Waals surface area contributed by atoms with Crippen molar-refractivity contribution >= 4 is 11.9 Å². The average molecular weight is 345 g/mol. The molecule has 2 N–H and O–H groups in total. The number of nitrogens with zero attached hydrogens (tertiary/aromatic N) is 2. The van der Waals surface area contributed by atoms with Crippen molar-refractivity contribution in [3.8, 4) is 5.75 Å². The van der Waals surface area contributed by atoms with Crippen LogP contribution >= 0.6 is 0 Å². The van der Waals surface area contributed by atoms with Gasteiger partial charge >= 0.3 is 5.97 Å². The van der Waals surface area contributed by atoms with E-state index in [1.54, 1.807) is 31.2 Å². The highest BCUT2D eigenvalue weighted by atomic mass is 16.5. The van der Waals surface area contributed by atoms with Crippen molar-refractivity contribution in [3.63, 3.8) is 0 Å². The molecule has 0 bridgehead atoms. The first kappa shape index (κ1) is 18.2. The molecule has 0 radical (unpaired) electrons. The Morgan fingerprint density at radius 3 is 2.92 bits per heavy atom. The number of carboxylic acids is 1. The number of hydrogen-bond acceptors (Lipinski definition) is 6. The van der Waals surface area contributed by atoms with E-state index in [2.05, 4.69) is 22.0 Å². The van der Waals surface area contributed by atoms with E-state index >= 15 is 0 Å². The molecule has 1 aromatic carbocycles. The highest BCUT2D eigenvalue weighted by Crippen LogP contribution is 2.15. The van der Waals surface area contributed by atoms with E-state index in [0.717, 1.165) is 0 Å². The number of ether oxygens (including phenoxy) is 1. The Labute approximate surface area is 144 Å². The number of aryl methyl sites for hydroxylation is 1. The second-order valence-corrected chi connectivity index (χ2v) is 5.28. The third-order valence-electron chi connectivity index (χ3n) is 3.30. The van der Waals surface area contributed by atoms with Crippen molar-refractivity contribution in [2.75, 3.05) is 0 Å². The lowest BCUT2D eigenvalue weighted by molar-refractivity contribution is -0.139. The van der Waals surface area contributed by atoms with Gasteiger partial charge in [-0.25, -0.2) is 4.79 Å². The maximum Gasteiger partial charge on any atom is 0.326 e. The van der Waals surface area contributed by atoms with Crippen LogP contribution in [-0.2, 0) is 11.4 Å². The lowest BCUT2D eigenvalue weighted by Crippen LogP contribution is -2.40. The highest BCUT2D eigenvalue weighted by Gasteiger charge is 2.20. The molecule has 0 aliphatic carbocycles. The summed E-state index contributed by atoms with van der Waals surface area (Å²) in [7, 11) is 0. The van der Waals surface area contributed by atoms with Crippen molar-refractivity contribution in [3.05, 3.63) is 54.2 Å². The zero-order valence-electron chi connectivity index (χ0n) is 13.8. The summed E-state index contributed by atoms with van der Waals surface area (Å²) in [5.74, 6) is -0.311. The van der Waals surface area contributed by atoms with Gasteiger partial charge in [-0.2, -0.15) is 4.98 Å². The summed E-state index contributed by atoms with van der Waals surface area (Å²) >= 11 is 0. The van der Waals surface area contributed by atoms with Gasteiger partial charge in [0, 0.05) is 12.5 Å². The molecule has 1 aromatic heterocycles. The zero-order chi connectivity index (χ0) is 18.2. The van der Waals surface area contributed by atoms with Crippen molar-refractivity contribution in [1.29, 1.82) is 0 Å². The summed E-state index contributed by atoms with van der Waals surface area (Å²) < 4.78 is 10.4. The average Bonchev–Trinajstić information content (AvgIpc) is 3.02. The summed E-state index contributed by atoms with van der Waals surface area (Å²) in [6, 6.07) is 5.45. The predicted molar refractivity (Wildman–Crippen MR) is 88.1 cm³/mol. The van der Waals surface area contributed by atoms with Gasteiger partial charge in [-0.15, -0.1) is 6.58 Å². The van der Waals surface area contributed by atoms with E-state index in [0.29, 0.717) is 29.4 Å². The van der Waals surface area contributed by atoms with Crippen molar-refractivity contribution in [1.82, 2.24) is 15.5 Å². The normalized spacial score (nSPS) is 11.6. The van der Waals surface area contributed by atoms with Gasteiger partial charge in [-0.1, -0.05) is 17.3 Å². The van der Waals surface area contributed by atoms with Gasteiger partial charge in [0.1, 0.15) is 11.8 Å². The largest absolute Gasteiger partial charge is 0.485 e. The van der Waals surface area contributed by atoms with Crippen LogP contribution in [0.1, 0.15) is 34.9 Å². The smallest absolute Gasteiger partial charge is 0.326 e. The number of amides is 1. The fourth-order valence-corrected chi connectivity index (χ4v) is 2.06. The summed E-state index contributed by atoms with van der Waals surface area (Å²) in [5.41, 5.74) is 0.298. The van der Waals surface area contributed by atoms with Gasteiger partial charge in [0.2, 0.25) is 11.7 Å². The standard InChI is InChI=1S/C17H19N3O5/c1-3-4-8-14(17(22)23)19-16(21)12-6-5-7-13(9-12)24-10-15-18-11(2)25-20-15/h3,5-7,9,14H,1,4,8,10H2,2H3,(H,19,21)(H,22,23). The number of aromatic nitrogens is 2. The molecule has 0 saturated carbocycles. The molecule has 2 aromatic rings. The van der Waals surface area contributed by atoms with Crippen LogP contribution in [0.4, 0.5) is 0 Å². The molecule has 1 unspecified atom stereocenters. The molecule has 0 spiro atoms. The number of nitrogens with one attached hydrogen (secondary N) is 1. The third-order valence-corrected chi connectivity index (χ3v) is 3.30. The molecule has 8 nitrogen and oxygen atoms in total. The molecule has 8 heteroatoms. The SMILES string of the molecule is C=CCCC(NC(=O)c1cccc(OCc2noc(C)n2)c1)C(=O)O. The van der Waals surface area contributed by atoms with Crippen LogP contribution in [0.3, 0.4) is 0 Å². The van der Waals surface area contributed by atoms with Gasteiger partial charge in [0.05, 0.1) is 0 Å². The molecule has 0 aliphatic heterocycles. The Kier molecular flexibility index (Phi) is 6.27. The number of carbonyl (C=O) groups excluding carboxylic acids is 1. The molecular weight excluding hydrogens is 326 g/mol. The number of aliphatic carboxylic acids is 1. The summed E-state index contributed by atoms with van der Waals surface area (Å²) in [6.45, 7) is 5.32. The van der Waals surface area contributed by atoms with Crippen LogP contribution in [0.15, 0.2) is 41.4 Å². The van der Waals surface area contributed by atoms with E-state index in [9.17, 15) is 9.59 Å². The molecule has 0 aliphatic rings. The van der Waals surface area contributed by atoms with Crippen LogP contribution in [-0.4, -0.2) is 33.2 Å². The minimum Gasteiger partial charge on any atom is -0.485 e. The summed E-state index contributed by atoms with van der Waals surface area (Å²) in [6.07, 6.45) is 2.37. The van der Waals surface area contributed by atoms with E-state index in [1.165, 1.54) is 6.07 Å². The Morgan fingerprint density at radius 2 is 2.28 bits per heavy atom. The molecule has 25 heavy (non-hydrogen) atoms. The Bertz CT molecular complexity index is 756. The highest BCUT2D eigenvalue weighted by molar-refractivity contribution is 5.96. The van der Waals surface area contributed by atoms with Crippen LogP contribution in [0.5, 0.6) is 5.75 Å². The molecule has 1 atom stereocenters. The Balaban J connectivity index is 1.99. The van der Waals surface area contributed by atoms with Crippen LogP contribution in [0, 0.1) is 6.92 Å². The first-order valence-corrected chi connectivity index (χ1v) is 7.66. The number of allylic oxidation sites excluding steroid dienone is 1. The topological polar surface area (TPSA) is 115 Å². The number of hydrogen-bond donors (Lipinski definition) is 2. The van der Waals surface area contributed by atoms with Gasteiger partial charge in [-0.3, -0.25) is 4.79 Å². The third kappa shape index (κ3) is 5.45. The molecule has 2 rings (SSSR count). The van der Waals surface area contributed by atoms with E-state index in [-0.39, 0.29) is 13.0 Å². The molecule has 0 saturated heterocycles. The second kappa shape index (κ2) is 8.62. The number of rotatable bonds is 9. The maximum atomic E-state index is 12.3. The molecule has 132 valence electrons. The van der Waals surface area contributed by atoms with Crippen LogP contribution in [0.25, 0.3) is 0 Å². The quantitative estimate of drug-likeness (QED) is 0.669. The van der Waals surface area contributed by atoms with E-state index < -0.39 is 17.9 Å². The van der Waals surface area contributed by atoms with Crippen LogP contribution in [0.2, 0.25) is 0 Å². The van der Waals surface area contributed by atoms with Gasteiger partial charge in [0.25, 0.3) is 5.91 Å². The van der Waals surface area contributed by atoms with Gasteiger partial charge in [-0.05, 0) is 31.0 Å². The fourth-order valence-electron chi connectivity index (χ4n) is 2.06. The second-order valence-electron chi connectivity index (χ2n) is 5.28. The lowest BCUT2D eigenvalue weighted by atomic mass is 10.1. The number of carboxylic acid groups (broad SMARTS) is 1. The van der Waals surface area contributed by atoms with Crippen molar-refractivity contribution in [2.45, 2.75) is 32.4 Å².